The van der Waals surface area contributed by atoms with E-state index in [9.17, 15) is 10.1 Å². The van der Waals surface area contributed by atoms with Crippen LogP contribution in [-0.4, -0.2) is 15.9 Å². The maximum atomic E-state index is 10.7. The van der Waals surface area contributed by atoms with Gasteiger partial charge in [0, 0.05) is 21.1 Å². The summed E-state index contributed by atoms with van der Waals surface area (Å²) in [7, 11) is 0. The van der Waals surface area contributed by atoms with Gasteiger partial charge >= 0.3 is 6.09 Å². The highest BCUT2D eigenvalue weighted by Gasteiger charge is 2.17. The zero-order valence-electron chi connectivity index (χ0n) is 15.2. The second kappa shape index (κ2) is 9.11. The quantitative estimate of drug-likeness (QED) is 0.502. The number of nitrogens with two attached hydrogens (primary N) is 2. The van der Waals surface area contributed by atoms with Gasteiger partial charge in [-0.15, -0.1) is 0 Å². The van der Waals surface area contributed by atoms with Crippen molar-refractivity contribution in [2.45, 2.75) is 19.6 Å². The first-order valence-corrected chi connectivity index (χ1v) is 10.2. The van der Waals surface area contributed by atoms with Gasteiger partial charge < -0.3 is 16.2 Å². The van der Waals surface area contributed by atoms with Gasteiger partial charge in [0.25, 0.3) is 0 Å². The zero-order valence-corrected chi connectivity index (χ0v) is 18.4. The van der Waals surface area contributed by atoms with Crippen molar-refractivity contribution in [2.24, 2.45) is 5.73 Å². The Balaban J connectivity index is 1.83. The van der Waals surface area contributed by atoms with Crippen LogP contribution in [-0.2, 0) is 24.3 Å². The van der Waals surface area contributed by atoms with Crippen molar-refractivity contribution in [1.29, 1.82) is 5.26 Å². The number of ether oxygens (including phenoxy) is 1. The summed E-state index contributed by atoms with van der Waals surface area (Å²) in [6, 6.07) is 15.3. The van der Waals surface area contributed by atoms with E-state index in [1.165, 1.54) is 0 Å². The summed E-state index contributed by atoms with van der Waals surface area (Å²) in [5, 5.41) is 14.1. The molecule has 1 heterocycles. The number of carbonyl (C=O) groups is 1. The van der Waals surface area contributed by atoms with Crippen LogP contribution in [0.15, 0.2) is 51.4 Å². The molecule has 1 amide bonds. The van der Waals surface area contributed by atoms with Gasteiger partial charge in [0.1, 0.15) is 29.8 Å². The minimum atomic E-state index is -0.829. The molecule has 0 bridgehead atoms. The summed E-state index contributed by atoms with van der Waals surface area (Å²) in [5.74, 6) is 0.328. The van der Waals surface area contributed by atoms with E-state index in [4.69, 9.17) is 16.2 Å². The lowest BCUT2D eigenvalue weighted by Crippen LogP contribution is -2.12. The van der Waals surface area contributed by atoms with Gasteiger partial charge in [-0.25, -0.2) is 9.48 Å². The fourth-order valence-electron chi connectivity index (χ4n) is 2.83. The van der Waals surface area contributed by atoms with Crippen molar-refractivity contribution in [3.05, 3.63) is 68.1 Å². The zero-order chi connectivity index (χ0) is 21.0. The molecule has 0 unspecified atom stereocenters. The molecule has 0 aliphatic carbocycles. The van der Waals surface area contributed by atoms with Crippen molar-refractivity contribution in [2.75, 3.05) is 5.73 Å². The average Bonchev–Trinajstić information content (AvgIpc) is 3.03. The highest BCUT2D eigenvalue weighted by Crippen LogP contribution is 2.28. The summed E-state index contributed by atoms with van der Waals surface area (Å²) in [4.78, 5) is 10.7. The molecule has 0 atom stereocenters. The number of nitriles is 1. The van der Waals surface area contributed by atoms with Crippen LogP contribution in [0.2, 0.25) is 0 Å². The molecule has 148 valence electrons. The Labute approximate surface area is 184 Å². The Morgan fingerprint density at radius 2 is 1.93 bits per heavy atom. The summed E-state index contributed by atoms with van der Waals surface area (Å²) < 4.78 is 8.41. The van der Waals surface area contributed by atoms with E-state index in [2.05, 4.69) is 43.0 Å². The van der Waals surface area contributed by atoms with E-state index >= 15 is 0 Å². The van der Waals surface area contributed by atoms with Crippen LogP contribution in [0.25, 0.3) is 11.3 Å². The smallest absolute Gasteiger partial charge is 0.404 e. The molecule has 0 fully saturated rings. The SMILES string of the molecule is N#Cc1c(-c2ccc(COC(N)=O)cc2)nn(CCc2cc(Br)ccc2Br)c1N. The second-order valence-corrected chi connectivity index (χ2v) is 8.00. The minimum absolute atomic E-state index is 0.0822. The van der Waals surface area contributed by atoms with Crippen LogP contribution < -0.4 is 11.5 Å². The first-order chi connectivity index (χ1) is 13.9. The molecule has 1 aromatic heterocycles. The lowest BCUT2D eigenvalue weighted by atomic mass is 10.1. The highest BCUT2D eigenvalue weighted by atomic mass is 79.9. The van der Waals surface area contributed by atoms with E-state index in [1.807, 2.05) is 18.2 Å². The molecule has 2 aromatic carbocycles. The Kier molecular flexibility index (Phi) is 6.56. The third kappa shape index (κ3) is 4.96. The fraction of sp³-hybridized carbons (Fsp3) is 0.150. The number of carbonyl (C=O) groups excluding carboxylic acids is 1. The number of hydrogen-bond donors (Lipinski definition) is 2. The number of nitrogen functional groups attached to an aromatic ring is 1. The first kappa shape index (κ1) is 20.9. The summed E-state index contributed by atoms with van der Waals surface area (Å²) in [5.41, 5.74) is 14.6. The number of anilines is 1. The number of rotatable bonds is 6. The molecule has 0 aliphatic rings. The largest absolute Gasteiger partial charge is 0.445 e. The Morgan fingerprint density at radius 3 is 2.59 bits per heavy atom. The molecule has 3 rings (SSSR count). The van der Waals surface area contributed by atoms with Gasteiger partial charge in [-0.1, -0.05) is 56.1 Å². The number of aromatic nitrogens is 2. The average molecular weight is 519 g/mol. The first-order valence-electron chi connectivity index (χ1n) is 8.61. The molecule has 7 nitrogen and oxygen atoms in total. The van der Waals surface area contributed by atoms with Gasteiger partial charge in [-0.3, -0.25) is 0 Å². The van der Waals surface area contributed by atoms with Gasteiger partial charge in [-0.05, 0) is 35.7 Å². The molecular formula is C20H17Br2N5O2. The Hall–Kier alpha value is -2.83. The fourth-order valence-corrected chi connectivity index (χ4v) is 3.69. The molecule has 29 heavy (non-hydrogen) atoms. The molecule has 0 saturated carbocycles. The van der Waals surface area contributed by atoms with E-state index < -0.39 is 6.09 Å². The number of nitrogens with zero attached hydrogens (tertiary/aromatic N) is 3. The number of benzene rings is 2. The van der Waals surface area contributed by atoms with E-state index in [1.54, 1.807) is 28.9 Å². The molecule has 4 N–H and O–H groups in total. The number of amides is 1. The predicted octanol–water partition coefficient (Wildman–Crippen LogP) is 4.37. The monoisotopic (exact) mass is 517 g/mol. The van der Waals surface area contributed by atoms with Crippen molar-refractivity contribution < 1.29 is 9.53 Å². The second-order valence-electron chi connectivity index (χ2n) is 6.23. The van der Waals surface area contributed by atoms with E-state index in [0.717, 1.165) is 25.6 Å². The maximum Gasteiger partial charge on any atom is 0.404 e. The van der Waals surface area contributed by atoms with Gasteiger partial charge in [0.2, 0.25) is 0 Å². The molecule has 3 aromatic rings. The topological polar surface area (TPSA) is 120 Å². The highest BCUT2D eigenvalue weighted by molar-refractivity contribution is 9.11. The molecule has 0 aliphatic heterocycles. The normalized spacial score (nSPS) is 10.5. The van der Waals surface area contributed by atoms with Crippen LogP contribution in [0, 0.1) is 11.3 Å². The van der Waals surface area contributed by atoms with Gasteiger partial charge in [0.05, 0.1) is 0 Å². The Morgan fingerprint density at radius 1 is 1.21 bits per heavy atom. The number of aryl methyl sites for hydroxylation is 2. The van der Waals surface area contributed by atoms with Crippen molar-refractivity contribution >= 4 is 43.8 Å². The lowest BCUT2D eigenvalue weighted by Gasteiger charge is -2.07. The summed E-state index contributed by atoms with van der Waals surface area (Å²) >= 11 is 7.02. The van der Waals surface area contributed by atoms with Crippen LogP contribution >= 0.6 is 31.9 Å². The number of hydrogen-bond acceptors (Lipinski definition) is 5. The standard InChI is InChI=1S/C20H17Br2N5O2/c21-15-5-6-17(22)14(9-15)7-8-27-19(24)16(10-23)18(26-27)13-3-1-12(2-4-13)11-29-20(25)28/h1-6,9H,7-8,11,24H2,(H2,25,28). The molecular weight excluding hydrogens is 502 g/mol. The van der Waals surface area contributed by atoms with Gasteiger partial charge in [-0.2, -0.15) is 10.4 Å². The molecule has 0 spiro atoms. The van der Waals surface area contributed by atoms with E-state index in [0.29, 0.717) is 30.0 Å². The lowest BCUT2D eigenvalue weighted by molar-refractivity contribution is 0.150. The predicted molar refractivity (Wildman–Crippen MR) is 117 cm³/mol. The molecule has 9 heteroatoms. The van der Waals surface area contributed by atoms with Crippen molar-refractivity contribution in [1.82, 2.24) is 9.78 Å². The Bertz CT molecular complexity index is 1090. The van der Waals surface area contributed by atoms with E-state index in [-0.39, 0.29) is 6.61 Å². The van der Waals surface area contributed by atoms with Crippen LogP contribution in [0.4, 0.5) is 10.6 Å². The molecule has 0 saturated heterocycles. The van der Waals surface area contributed by atoms with Crippen LogP contribution in [0.1, 0.15) is 16.7 Å². The number of halogens is 2. The van der Waals surface area contributed by atoms with Crippen LogP contribution in [0.5, 0.6) is 0 Å². The van der Waals surface area contributed by atoms with Crippen molar-refractivity contribution in [3.63, 3.8) is 0 Å². The number of primary amides is 1. The molecule has 0 radical (unpaired) electrons. The van der Waals surface area contributed by atoms with Gasteiger partial charge in [0.15, 0.2) is 0 Å². The van der Waals surface area contributed by atoms with Crippen LogP contribution in [0.3, 0.4) is 0 Å². The minimum Gasteiger partial charge on any atom is -0.445 e. The third-order valence-electron chi connectivity index (χ3n) is 4.31. The third-order valence-corrected chi connectivity index (χ3v) is 5.58. The summed E-state index contributed by atoms with van der Waals surface area (Å²) in [6.07, 6.45) is -0.135. The van der Waals surface area contributed by atoms with Crippen molar-refractivity contribution in [3.8, 4) is 17.3 Å². The summed E-state index contributed by atoms with van der Waals surface area (Å²) in [6.45, 7) is 0.610. The maximum absolute atomic E-state index is 10.7.